The molecule has 4 aromatic carbocycles. The number of imide groups is 1. The maximum atomic E-state index is 12.7. The Morgan fingerprint density at radius 2 is 1.54 bits per heavy atom. The van der Waals surface area contributed by atoms with E-state index in [2.05, 4.69) is 56.4 Å². The zero-order chi connectivity index (χ0) is 24.7. The summed E-state index contributed by atoms with van der Waals surface area (Å²) >= 11 is 0. The van der Waals surface area contributed by atoms with Gasteiger partial charge in [-0.05, 0) is 57.5 Å². The minimum Gasteiger partial charge on any atom is -0.456 e. The van der Waals surface area contributed by atoms with Crippen LogP contribution in [0.4, 0.5) is 0 Å². The number of fused-ring (bicyclic) bond motifs is 2. The molecule has 1 aliphatic heterocycles. The third-order valence-electron chi connectivity index (χ3n) is 6.52. The lowest BCUT2D eigenvalue weighted by molar-refractivity contribution is -0.109. The Morgan fingerprint density at radius 3 is 2.23 bits per heavy atom. The number of ether oxygens (including phenoxy) is 1. The predicted molar refractivity (Wildman–Crippen MR) is 137 cm³/mol. The number of hydrogen-bond acceptors (Lipinski definition) is 4. The fourth-order valence-electron chi connectivity index (χ4n) is 4.72. The number of carbonyl (C=O) groups excluding carboxylic acids is 3. The van der Waals surface area contributed by atoms with Crippen LogP contribution in [0, 0.1) is 0 Å². The van der Waals surface area contributed by atoms with Gasteiger partial charge in [-0.25, -0.2) is 0 Å². The van der Waals surface area contributed by atoms with E-state index in [4.69, 9.17) is 4.74 Å². The van der Waals surface area contributed by atoms with Crippen molar-refractivity contribution in [2.45, 2.75) is 32.6 Å². The maximum Gasteiger partial charge on any atom is 0.258 e. The lowest BCUT2D eigenvalue weighted by Crippen LogP contribution is -2.22. The van der Waals surface area contributed by atoms with Gasteiger partial charge in [0.05, 0.1) is 0 Å². The largest absolute Gasteiger partial charge is 0.456 e. The van der Waals surface area contributed by atoms with Gasteiger partial charge in [-0.3, -0.25) is 14.9 Å². The second-order valence-corrected chi connectivity index (χ2v) is 9.74. The van der Waals surface area contributed by atoms with Gasteiger partial charge in [-0.2, -0.15) is 0 Å². The predicted octanol–water partition coefficient (Wildman–Crippen LogP) is 6.20. The first-order valence-corrected chi connectivity index (χ1v) is 11.5. The van der Waals surface area contributed by atoms with Crippen LogP contribution in [0.2, 0.25) is 0 Å². The second kappa shape index (κ2) is 8.51. The Morgan fingerprint density at radius 1 is 0.829 bits per heavy atom. The maximum absolute atomic E-state index is 12.7. The number of amides is 2. The lowest BCUT2D eigenvalue weighted by Gasteiger charge is -2.24. The van der Waals surface area contributed by atoms with Crippen LogP contribution in [0.15, 0.2) is 66.7 Å². The molecule has 5 nitrogen and oxygen atoms in total. The fourth-order valence-corrected chi connectivity index (χ4v) is 4.72. The van der Waals surface area contributed by atoms with Gasteiger partial charge < -0.3 is 9.53 Å². The molecule has 0 unspecified atom stereocenters. The molecule has 5 heteroatoms. The smallest absolute Gasteiger partial charge is 0.258 e. The second-order valence-electron chi connectivity index (χ2n) is 9.74. The van der Waals surface area contributed by atoms with Gasteiger partial charge in [0.1, 0.15) is 17.8 Å². The van der Waals surface area contributed by atoms with Crippen molar-refractivity contribution in [2.75, 3.05) is 0 Å². The molecular weight excluding hydrogens is 438 g/mol. The van der Waals surface area contributed by atoms with E-state index in [0.717, 1.165) is 39.7 Å². The van der Waals surface area contributed by atoms with Crippen LogP contribution in [0.1, 0.15) is 42.3 Å². The highest BCUT2D eigenvalue weighted by molar-refractivity contribution is 6.16. The Balaban J connectivity index is 1.70. The summed E-state index contributed by atoms with van der Waals surface area (Å²) in [6.07, 6.45) is 1.32. The summed E-state index contributed by atoms with van der Waals surface area (Å²) in [5.41, 5.74) is 6.36. The van der Waals surface area contributed by atoms with Gasteiger partial charge in [0.2, 0.25) is 6.41 Å². The van der Waals surface area contributed by atoms with Crippen LogP contribution in [0.5, 0.6) is 11.5 Å². The van der Waals surface area contributed by atoms with Crippen molar-refractivity contribution in [3.05, 3.63) is 83.4 Å². The zero-order valence-electron chi connectivity index (χ0n) is 19.8. The molecule has 5 rings (SSSR count). The van der Waals surface area contributed by atoms with Crippen molar-refractivity contribution < 1.29 is 19.1 Å². The summed E-state index contributed by atoms with van der Waals surface area (Å²) in [7, 11) is 0. The number of benzene rings is 4. The van der Waals surface area contributed by atoms with E-state index in [1.165, 1.54) is 5.56 Å². The molecule has 0 saturated heterocycles. The Labute approximate surface area is 203 Å². The van der Waals surface area contributed by atoms with Crippen LogP contribution in [-0.2, 0) is 21.4 Å². The number of hydrogen-bond donors (Lipinski definition) is 1. The molecule has 1 N–H and O–H groups in total. The zero-order valence-corrected chi connectivity index (χ0v) is 19.8. The average molecular weight is 464 g/mol. The first kappa shape index (κ1) is 22.5. The van der Waals surface area contributed by atoms with E-state index in [9.17, 15) is 14.4 Å². The highest BCUT2D eigenvalue weighted by atomic mass is 16.5. The van der Waals surface area contributed by atoms with Crippen LogP contribution < -0.4 is 10.1 Å². The standard InChI is InChI=1S/C30H25NO4/c1-30(2,3)21-8-4-18(5-9-21)20-7-12-25-24(16-20)22-10-6-19(14-15-32)27-23(29(34)31-17-33)11-13-26(35-25)28(22)27/h4-13,15-17H,14H2,1-3H3,(H,31,33,34). The summed E-state index contributed by atoms with van der Waals surface area (Å²) in [5.74, 6) is 0.816. The molecule has 0 spiro atoms. The van der Waals surface area contributed by atoms with Crippen molar-refractivity contribution in [3.8, 4) is 33.8 Å². The van der Waals surface area contributed by atoms with Crippen molar-refractivity contribution in [1.82, 2.24) is 5.32 Å². The Kier molecular flexibility index (Phi) is 5.48. The normalized spacial score (nSPS) is 12.0. The number of nitrogens with one attached hydrogen (secondary N) is 1. The van der Waals surface area contributed by atoms with Crippen LogP contribution >= 0.6 is 0 Å². The Hall–Kier alpha value is -4.25. The summed E-state index contributed by atoms with van der Waals surface area (Å²) in [4.78, 5) is 35.0. The molecule has 2 amide bonds. The highest BCUT2D eigenvalue weighted by Gasteiger charge is 2.25. The minimum absolute atomic E-state index is 0.0780. The van der Waals surface area contributed by atoms with Crippen molar-refractivity contribution in [1.29, 1.82) is 0 Å². The number of rotatable bonds is 5. The topological polar surface area (TPSA) is 72.5 Å². The molecule has 174 valence electrons. The summed E-state index contributed by atoms with van der Waals surface area (Å²) in [6, 6.07) is 21.9. The molecule has 1 aliphatic rings. The summed E-state index contributed by atoms with van der Waals surface area (Å²) in [5, 5.41) is 3.60. The molecule has 0 saturated carbocycles. The van der Waals surface area contributed by atoms with E-state index in [0.29, 0.717) is 28.7 Å². The van der Waals surface area contributed by atoms with Crippen molar-refractivity contribution in [3.63, 3.8) is 0 Å². The van der Waals surface area contributed by atoms with Crippen molar-refractivity contribution in [2.24, 2.45) is 0 Å². The third-order valence-corrected chi connectivity index (χ3v) is 6.52. The van der Waals surface area contributed by atoms with Crippen LogP contribution in [0.25, 0.3) is 33.0 Å². The third kappa shape index (κ3) is 3.89. The van der Waals surface area contributed by atoms with Crippen LogP contribution in [-0.4, -0.2) is 18.6 Å². The summed E-state index contributed by atoms with van der Waals surface area (Å²) in [6.45, 7) is 6.58. The molecule has 35 heavy (non-hydrogen) atoms. The molecule has 0 aliphatic carbocycles. The van der Waals surface area contributed by atoms with Gasteiger partial charge in [-0.15, -0.1) is 0 Å². The summed E-state index contributed by atoms with van der Waals surface area (Å²) < 4.78 is 6.24. The average Bonchev–Trinajstić information content (AvgIpc) is 2.85. The van der Waals surface area contributed by atoms with Gasteiger partial charge >= 0.3 is 0 Å². The quantitative estimate of drug-likeness (QED) is 0.315. The number of aldehydes is 1. The van der Waals surface area contributed by atoms with E-state index in [1.807, 2.05) is 24.3 Å². The molecule has 0 fully saturated rings. The molecular formula is C30H25NO4. The highest BCUT2D eigenvalue weighted by Crippen LogP contribution is 2.49. The van der Waals surface area contributed by atoms with Crippen LogP contribution in [0.3, 0.4) is 0 Å². The van der Waals surface area contributed by atoms with Gasteiger partial charge in [-0.1, -0.05) is 63.2 Å². The molecule has 1 heterocycles. The molecule has 0 atom stereocenters. The van der Waals surface area contributed by atoms with Gasteiger partial charge in [0, 0.05) is 28.3 Å². The van der Waals surface area contributed by atoms with Gasteiger partial charge in [0.25, 0.3) is 5.91 Å². The van der Waals surface area contributed by atoms with E-state index in [-0.39, 0.29) is 11.8 Å². The monoisotopic (exact) mass is 463 g/mol. The van der Waals surface area contributed by atoms with E-state index >= 15 is 0 Å². The Bertz CT molecular complexity index is 1490. The van der Waals surface area contributed by atoms with E-state index in [1.54, 1.807) is 12.1 Å². The van der Waals surface area contributed by atoms with Gasteiger partial charge in [0.15, 0.2) is 0 Å². The SMILES string of the molecule is CC(C)(C)c1ccc(-c2ccc3c(c2)-c2ccc(CC=O)c4c(C(=O)NC=O)ccc(c24)O3)cc1. The molecule has 0 radical (unpaired) electrons. The molecule has 0 aromatic heterocycles. The number of carbonyl (C=O) groups is 3. The first-order valence-electron chi connectivity index (χ1n) is 11.5. The van der Waals surface area contributed by atoms with E-state index < -0.39 is 5.91 Å². The first-order chi connectivity index (χ1) is 16.8. The fraction of sp³-hybridized carbons (Fsp3) is 0.167. The minimum atomic E-state index is -0.519. The van der Waals surface area contributed by atoms with Crippen molar-refractivity contribution >= 4 is 29.4 Å². The molecule has 4 aromatic rings. The molecule has 0 bridgehead atoms. The lowest BCUT2D eigenvalue weighted by atomic mass is 9.85.